The molecule has 22 heavy (non-hydrogen) atoms. The van der Waals surface area contributed by atoms with E-state index < -0.39 is 9.84 Å². The zero-order valence-electron chi connectivity index (χ0n) is 12.2. The Morgan fingerprint density at radius 3 is 2.86 bits per heavy atom. The van der Waals surface area contributed by atoms with Gasteiger partial charge >= 0.3 is 6.03 Å². The third-order valence-electron chi connectivity index (χ3n) is 4.14. The van der Waals surface area contributed by atoms with Crippen molar-refractivity contribution in [1.29, 1.82) is 0 Å². The summed E-state index contributed by atoms with van der Waals surface area (Å²) in [4.78, 5) is 12.0. The minimum Gasteiger partial charge on any atom is -0.493 e. The van der Waals surface area contributed by atoms with Crippen LogP contribution in [-0.2, 0) is 9.84 Å². The second-order valence-electron chi connectivity index (χ2n) is 5.85. The molecule has 2 N–H and O–H groups in total. The smallest absolute Gasteiger partial charge is 0.315 e. The lowest BCUT2D eigenvalue weighted by atomic mass is 10.0. The van der Waals surface area contributed by atoms with Crippen molar-refractivity contribution in [3.05, 3.63) is 29.8 Å². The van der Waals surface area contributed by atoms with E-state index in [2.05, 4.69) is 10.6 Å². The molecule has 0 bridgehead atoms. The van der Waals surface area contributed by atoms with Crippen LogP contribution in [0.25, 0.3) is 0 Å². The Balaban J connectivity index is 1.53. The number of carbonyl (C=O) groups is 1. The summed E-state index contributed by atoms with van der Waals surface area (Å²) < 4.78 is 28.4. The van der Waals surface area contributed by atoms with Gasteiger partial charge in [-0.1, -0.05) is 18.2 Å². The van der Waals surface area contributed by atoms with Gasteiger partial charge in [-0.15, -0.1) is 0 Å². The highest BCUT2D eigenvalue weighted by atomic mass is 32.2. The normalized spacial score (nSPS) is 25.8. The molecule has 3 rings (SSSR count). The van der Waals surface area contributed by atoms with E-state index in [1.807, 2.05) is 24.3 Å². The number of sulfone groups is 1. The van der Waals surface area contributed by atoms with E-state index in [1.165, 1.54) is 0 Å². The fraction of sp³-hybridized carbons (Fsp3) is 0.533. The number of amides is 2. The summed E-state index contributed by atoms with van der Waals surface area (Å²) >= 11 is 0. The molecular formula is C15H20N2O4S. The maximum Gasteiger partial charge on any atom is 0.315 e. The van der Waals surface area contributed by atoms with Gasteiger partial charge < -0.3 is 15.4 Å². The topological polar surface area (TPSA) is 84.5 Å². The van der Waals surface area contributed by atoms with Crippen LogP contribution in [0, 0.1) is 5.92 Å². The van der Waals surface area contributed by atoms with Crippen molar-refractivity contribution in [1.82, 2.24) is 10.6 Å². The summed E-state index contributed by atoms with van der Waals surface area (Å²) in [6.45, 7) is 0.971. The lowest BCUT2D eigenvalue weighted by Crippen LogP contribution is -2.41. The fourth-order valence-electron chi connectivity index (χ4n) is 2.97. The van der Waals surface area contributed by atoms with Crippen molar-refractivity contribution in [3.8, 4) is 5.75 Å². The highest BCUT2D eigenvalue weighted by molar-refractivity contribution is 7.91. The van der Waals surface area contributed by atoms with Crippen LogP contribution in [0.3, 0.4) is 0 Å². The Hall–Kier alpha value is -1.76. The van der Waals surface area contributed by atoms with Crippen LogP contribution < -0.4 is 15.4 Å². The highest BCUT2D eigenvalue weighted by Gasteiger charge is 2.28. The standard InChI is InChI=1S/C15H20N2O4S/c18-15(16-9-11-6-8-22(19,20)10-11)17-13-5-7-21-14-4-2-1-3-12(13)14/h1-4,11,13H,5-10H2,(H2,16,17,18)/t11-,13-/m1/s1. The van der Waals surface area contributed by atoms with Gasteiger partial charge in [0.15, 0.2) is 9.84 Å². The minimum absolute atomic E-state index is 0.0257. The van der Waals surface area contributed by atoms with Gasteiger partial charge in [0.1, 0.15) is 5.75 Å². The predicted molar refractivity (Wildman–Crippen MR) is 82.6 cm³/mol. The van der Waals surface area contributed by atoms with Crippen molar-refractivity contribution in [2.75, 3.05) is 24.7 Å². The first-order valence-corrected chi connectivity index (χ1v) is 9.32. The molecule has 0 spiro atoms. The van der Waals surface area contributed by atoms with Gasteiger partial charge in [-0.3, -0.25) is 0 Å². The maximum atomic E-state index is 12.0. The lowest BCUT2D eigenvalue weighted by molar-refractivity contribution is 0.222. The molecule has 2 aliphatic rings. The van der Waals surface area contributed by atoms with Gasteiger partial charge in [0.25, 0.3) is 0 Å². The summed E-state index contributed by atoms with van der Waals surface area (Å²) in [7, 11) is -2.90. The van der Waals surface area contributed by atoms with Crippen LogP contribution >= 0.6 is 0 Å². The summed E-state index contributed by atoms with van der Waals surface area (Å²) in [6.07, 6.45) is 1.35. The largest absolute Gasteiger partial charge is 0.493 e. The van der Waals surface area contributed by atoms with E-state index in [-0.39, 0.29) is 29.5 Å². The van der Waals surface area contributed by atoms with Gasteiger partial charge in [0, 0.05) is 18.5 Å². The Morgan fingerprint density at radius 1 is 1.27 bits per heavy atom. The molecule has 2 amide bonds. The third kappa shape index (κ3) is 3.52. The molecule has 0 saturated carbocycles. The number of para-hydroxylation sites is 1. The Kier molecular flexibility index (Phi) is 4.24. The third-order valence-corrected chi connectivity index (χ3v) is 5.98. The van der Waals surface area contributed by atoms with Crippen molar-refractivity contribution >= 4 is 15.9 Å². The number of hydrogen-bond acceptors (Lipinski definition) is 4. The summed E-state index contributed by atoms with van der Waals surface area (Å²) in [6, 6.07) is 7.34. The molecule has 120 valence electrons. The van der Waals surface area contributed by atoms with E-state index in [0.29, 0.717) is 19.6 Å². The van der Waals surface area contributed by atoms with E-state index in [9.17, 15) is 13.2 Å². The number of hydrogen-bond donors (Lipinski definition) is 2. The Labute approximate surface area is 130 Å². The molecular weight excluding hydrogens is 304 g/mol. The van der Waals surface area contributed by atoms with Gasteiger partial charge in [-0.2, -0.15) is 0 Å². The summed E-state index contributed by atoms with van der Waals surface area (Å²) in [5.41, 5.74) is 0.979. The zero-order chi connectivity index (χ0) is 15.6. The first-order valence-electron chi connectivity index (χ1n) is 7.50. The maximum absolute atomic E-state index is 12.0. The van der Waals surface area contributed by atoms with Crippen LogP contribution in [0.2, 0.25) is 0 Å². The van der Waals surface area contributed by atoms with Crippen LogP contribution in [0.1, 0.15) is 24.4 Å². The number of urea groups is 1. The molecule has 2 atom stereocenters. The molecule has 0 aliphatic carbocycles. The summed E-state index contributed by atoms with van der Waals surface area (Å²) in [5, 5.41) is 5.73. The highest BCUT2D eigenvalue weighted by Crippen LogP contribution is 2.31. The predicted octanol–water partition coefficient (Wildman–Crippen LogP) is 1.24. The van der Waals surface area contributed by atoms with Crippen molar-refractivity contribution in [2.45, 2.75) is 18.9 Å². The quantitative estimate of drug-likeness (QED) is 0.876. The van der Waals surface area contributed by atoms with Crippen LogP contribution in [0.4, 0.5) is 4.79 Å². The van der Waals surface area contributed by atoms with E-state index in [1.54, 1.807) is 0 Å². The zero-order valence-corrected chi connectivity index (χ0v) is 13.1. The Bertz CT molecular complexity index is 659. The molecule has 7 heteroatoms. The molecule has 6 nitrogen and oxygen atoms in total. The molecule has 2 heterocycles. The van der Waals surface area contributed by atoms with E-state index in [0.717, 1.165) is 17.7 Å². The molecule has 1 aromatic carbocycles. The molecule has 1 aromatic rings. The molecule has 0 unspecified atom stereocenters. The van der Waals surface area contributed by atoms with E-state index >= 15 is 0 Å². The second-order valence-corrected chi connectivity index (χ2v) is 8.08. The van der Waals surface area contributed by atoms with Crippen LogP contribution in [0.5, 0.6) is 5.75 Å². The van der Waals surface area contributed by atoms with Crippen molar-refractivity contribution < 1.29 is 17.9 Å². The number of benzene rings is 1. The number of fused-ring (bicyclic) bond motifs is 1. The van der Waals surface area contributed by atoms with Crippen LogP contribution in [0.15, 0.2) is 24.3 Å². The van der Waals surface area contributed by atoms with Gasteiger partial charge in [0.2, 0.25) is 0 Å². The first kappa shape index (κ1) is 15.1. The average Bonchev–Trinajstić information content (AvgIpc) is 2.85. The SMILES string of the molecule is O=C(NC[C@H]1CCS(=O)(=O)C1)N[C@@H]1CCOc2ccccc21. The molecule has 1 fully saturated rings. The van der Waals surface area contributed by atoms with E-state index in [4.69, 9.17) is 4.74 Å². The summed E-state index contributed by atoms with van der Waals surface area (Å²) in [5.74, 6) is 1.24. The molecule has 0 radical (unpaired) electrons. The average molecular weight is 324 g/mol. The van der Waals surface area contributed by atoms with Crippen LogP contribution in [-0.4, -0.2) is 39.1 Å². The number of rotatable bonds is 3. The molecule has 2 aliphatic heterocycles. The van der Waals surface area contributed by atoms with Gasteiger partial charge in [-0.25, -0.2) is 13.2 Å². The van der Waals surface area contributed by atoms with Gasteiger partial charge in [-0.05, 0) is 18.4 Å². The number of carbonyl (C=O) groups excluding carboxylic acids is 1. The Morgan fingerprint density at radius 2 is 2.09 bits per heavy atom. The van der Waals surface area contributed by atoms with Crippen molar-refractivity contribution in [2.24, 2.45) is 5.92 Å². The molecule has 1 saturated heterocycles. The number of nitrogens with one attached hydrogen (secondary N) is 2. The minimum atomic E-state index is -2.90. The second kappa shape index (κ2) is 6.16. The van der Waals surface area contributed by atoms with Crippen molar-refractivity contribution in [3.63, 3.8) is 0 Å². The fourth-order valence-corrected chi connectivity index (χ4v) is 4.83. The number of ether oxygens (including phenoxy) is 1. The lowest BCUT2D eigenvalue weighted by Gasteiger charge is -2.26. The first-order chi connectivity index (χ1) is 10.5. The monoisotopic (exact) mass is 324 g/mol. The molecule has 0 aromatic heterocycles. The van der Waals surface area contributed by atoms with Gasteiger partial charge in [0.05, 0.1) is 24.2 Å².